The molecule has 0 saturated carbocycles. The number of carbonyl (C=O) groups excluding carboxylic acids is 1. The average molecular weight is 417 g/mol. The summed E-state index contributed by atoms with van der Waals surface area (Å²) >= 11 is 0. The second-order valence-electron chi connectivity index (χ2n) is 7.34. The minimum atomic E-state index is -3.67. The van der Waals surface area contributed by atoms with Crippen molar-refractivity contribution in [2.75, 3.05) is 23.7 Å². The van der Waals surface area contributed by atoms with Crippen molar-refractivity contribution < 1.29 is 17.9 Å². The molecule has 1 aliphatic rings. The van der Waals surface area contributed by atoms with Gasteiger partial charge in [0, 0.05) is 0 Å². The third kappa shape index (κ3) is 5.09. The number of fused-ring (bicyclic) bond motifs is 1. The van der Waals surface area contributed by atoms with E-state index in [1.165, 1.54) is 17.5 Å². The number of aryl methyl sites for hydroxylation is 2. The van der Waals surface area contributed by atoms with Crippen LogP contribution in [0, 0.1) is 0 Å². The maximum absolute atomic E-state index is 12.7. The van der Waals surface area contributed by atoms with E-state index < -0.39 is 10.0 Å². The smallest absolute Gasteiger partial charge is 0.241 e. The number of hydrogen-bond donors (Lipinski definition) is 1. The fourth-order valence-electron chi connectivity index (χ4n) is 3.68. The Morgan fingerprint density at radius 1 is 1.17 bits per heavy atom. The molecule has 29 heavy (non-hydrogen) atoms. The Morgan fingerprint density at radius 3 is 2.62 bits per heavy atom. The maximum Gasteiger partial charge on any atom is 0.241 e. The third-order valence-electron chi connectivity index (χ3n) is 5.12. The van der Waals surface area contributed by atoms with Crippen molar-refractivity contribution in [3.05, 3.63) is 59.2 Å². The number of rotatable bonds is 8. The summed E-state index contributed by atoms with van der Waals surface area (Å²) in [6, 6.07) is 12.9. The zero-order chi connectivity index (χ0) is 21.0. The van der Waals surface area contributed by atoms with Crippen molar-refractivity contribution in [1.29, 1.82) is 0 Å². The van der Waals surface area contributed by atoms with E-state index in [1.54, 1.807) is 24.3 Å². The molecule has 2 aromatic carbocycles. The number of para-hydroxylation sites is 2. The molecule has 0 aromatic heterocycles. The van der Waals surface area contributed by atoms with E-state index in [-0.39, 0.29) is 18.5 Å². The Kier molecular flexibility index (Phi) is 6.47. The van der Waals surface area contributed by atoms with Crippen LogP contribution in [0.1, 0.15) is 43.0 Å². The lowest BCUT2D eigenvalue weighted by molar-refractivity contribution is -0.120. The molecule has 7 heteroatoms. The lowest BCUT2D eigenvalue weighted by Crippen LogP contribution is -2.41. The molecule has 1 amide bonds. The van der Waals surface area contributed by atoms with Crippen LogP contribution in [0.2, 0.25) is 0 Å². The van der Waals surface area contributed by atoms with Crippen LogP contribution < -0.4 is 14.4 Å². The molecule has 0 spiro atoms. The SMILES string of the molecule is CCOc1ccccc1N(CC(=O)NC(C)c1ccc2c(c1)CCC2)S(C)(=O)=O. The predicted molar refractivity (Wildman–Crippen MR) is 115 cm³/mol. The quantitative estimate of drug-likeness (QED) is 0.717. The van der Waals surface area contributed by atoms with Crippen molar-refractivity contribution >= 4 is 21.6 Å². The molecule has 0 heterocycles. The number of anilines is 1. The molecule has 1 unspecified atom stereocenters. The van der Waals surface area contributed by atoms with Crippen molar-refractivity contribution in [1.82, 2.24) is 5.32 Å². The van der Waals surface area contributed by atoms with Gasteiger partial charge in [0.25, 0.3) is 0 Å². The Bertz CT molecular complexity index is 988. The van der Waals surface area contributed by atoms with Gasteiger partial charge in [0.05, 0.1) is 24.6 Å². The monoisotopic (exact) mass is 416 g/mol. The van der Waals surface area contributed by atoms with E-state index in [0.717, 1.165) is 29.0 Å². The highest BCUT2D eigenvalue weighted by atomic mass is 32.2. The topological polar surface area (TPSA) is 75.7 Å². The molecular weight excluding hydrogens is 388 g/mol. The summed E-state index contributed by atoms with van der Waals surface area (Å²) in [4.78, 5) is 12.7. The molecule has 1 N–H and O–H groups in total. The van der Waals surface area contributed by atoms with Crippen molar-refractivity contribution in [3.63, 3.8) is 0 Å². The van der Waals surface area contributed by atoms with E-state index in [2.05, 4.69) is 17.4 Å². The van der Waals surface area contributed by atoms with E-state index in [9.17, 15) is 13.2 Å². The van der Waals surface area contributed by atoms with Gasteiger partial charge in [0.15, 0.2) is 0 Å². The third-order valence-corrected chi connectivity index (χ3v) is 6.25. The van der Waals surface area contributed by atoms with Crippen LogP contribution >= 0.6 is 0 Å². The largest absolute Gasteiger partial charge is 0.492 e. The number of benzene rings is 2. The zero-order valence-corrected chi connectivity index (χ0v) is 18.0. The Labute approximate surface area is 172 Å². The predicted octanol–water partition coefficient (Wildman–Crippen LogP) is 3.22. The van der Waals surface area contributed by atoms with Crippen molar-refractivity contribution in [3.8, 4) is 5.75 Å². The normalized spacial score (nSPS) is 14.2. The van der Waals surface area contributed by atoms with Gasteiger partial charge in [0.1, 0.15) is 12.3 Å². The minimum absolute atomic E-state index is 0.211. The Morgan fingerprint density at radius 2 is 1.90 bits per heavy atom. The fourth-order valence-corrected chi connectivity index (χ4v) is 4.54. The van der Waals surface area contributed by atoms with Gasteiger partial charge in [-0.3, -0.25) is 9.10 Å². The van der Waals surface area contributed by atoms with Gasteiger partial charge in [-0.05, 0) is 61.9 Å². The lowest BCUT2D eigenvalue weighted by Gasteiger charge is -2.25. The first-order valence-electron chi connectivity index (χ1n) is 9.90. The number of hydrogen-bond acceptors (Lipinski definition) is 4. The molecule has 156 valence electrons. The standard InChI is InChI=1S/C22H28N2O4S/c1-4-28-21-11-6-5-10-20(21)24(29(3,26)27)15-22(25)23-16(2)18-13-12-17-8-7-9-19(17)14-18/h5-6,10-14,16H,4,7-9,15H2,1-3H3,(H,23,25). The van der Waals surface area contributed by atoms with Crippen molar-refractivity contribution in [2.45, 2.75) is 39.2 Å². The molecule has 0 aliphatic heterocycles. The summed E-state index contributed by atoms with van der Waals surface area (Å²) in [6.45, 7) is 3.83. The molecular formula is C22H28N2O4S. The molecule has 0 saturated heterocycles. The summed E-state index contributed by atoms with van der Waals surface area (Å²) in [6.07, 6.45) is 4.44. The van der Waals surface area contributed by atoms with Crippen LogP contribution in [0.3, 0.4) is 0 Å². The highest BCUT2D eigenvalue weighted by Gasteiger charge is 2.25. The van der Waals surface area contributed by atoms with Crippen LogP contribution in [0.5, 0.6) is 5.75 Å². The van der Waals surface area contributed by atoms with Gasteiger partial charge >= 0.3 is 0 Å². The van der Waals surface area contributed by atoms with Crippen LogP contribution in [0.15, 0.2) is 42.5 Å². The van der Waals surface area contributed by atoms with E-state index in [4.69, 9.17) is 4.74 Å². The molecule has 6 nitrogen and oxygen atoms in total. The summed E-state index contributed by atoms with van der Waals surface area (Å²) in [5, 5.41) is 2.93. The van der Waals surface area contributed by atoms with Gasteiger partial charge < -0.3 is 10.1 Å². The Hall–Kier alpha value is -2.54. The average Bonchev–Trinajstić information content (AvgIpc) is 3.14. The van der Waals surface area contributed by atoms with Crippen LogP contribution in [-0.2, 0) is 27.7 Å². The van der Waals surface area contributed by atoms with Gasteiger partial charge in [-0.2, -0.15) is 0 Å². The van der Waals surface area contributed by atoms with Gasteiger partial charge in [0.2, 0.25) is 15.9 Å². The van der Waals surface area contributed by atoms with E-state index >= 15 is 0 Å². The lowest BCUT2D eigenvalue weighted by atomic mass is 10.0. The second-order valence-corrected chi connectivity index (χ2v) is 9.25. The summed E-state index contributed by atoms with van der Waals surface area (Å²) in [5.41, 5.74) is 4.10. The molecule has 1 aliphatic carbocycles. The minimum Gasteiger partial charge on any atom is -0.492 e. The summed E-state index contributed by atoms with van der Waals surface area (Å²) < 4.78 is 31.4. The van der Waals surface area contributed by atoms with Crippen LogP contribution in [0.4, 0.5) is 5.69 Å². The number of nitrogens with one attached hydrogen (secondary N) is 1. The Balaban J connectivity index is 1.76. The first-order chi connectivity index (χ1) is 13.8. The highest BCUT2D eigenvalue weighted by Crippen LogP contribution is 2.30. The van der Waals surface area contributed by atoms with E-state index in [1.807, 2.05) is 19.9 Å². The number of nitrogens with zero attached hydrogens (tertiary/aromatic N) is 1. The maximum atomic E-state index is 12.7. The van der Waals surface area contributed by atoms with Gasteiger partial charge in [-0.1, -0.05) is 30.3 Å². The molecule has 3 rings (SSSR count). The number of ether oxygens (including phenoxy) is 1. The zero-order valence-electron chi connectivity index (χ0n) is 17.1. The molecule has 1 atom stereocenters. The first-order valence-corrected chi connectivity index (χ1v) is 11.7. The number of sulfonamides is 1. The number of amides is 1. The van der Waals surface area contributed by atoms with E-state index in [0.29, 0.717) is 18.0 Å². The number of carbonyl (C=O) groups is 1. The second kappa shape index (κ2) is 8.86. The fraction of sp³-hybridized carbons (Fsp3) is 0.409. The molecule has 0 radical (unpaired) electrons. The van der Waals surface area contributed by atoms with Gasteiger partial charge in [-0.25, -0.2) is 8.42 Å². The highest BCUT2D eigenvalue weighted by molar-refractivity contribution is 7.92. The van der Waals surface area contributed by atoms with Crippen LogP contribution in [0.25, 0.3) is 0 Å². The molecule has 0 fully saturated rings. The van der Waals surface area contributed by atoms with Crippen molar-refractivity contribution in [2.24, 2.45) is 0 Å². The summed E-state index contributed by atoms with van der Waals surface area (Å²) in [5.74, 6) is 0.0645. The van der Waals surface area contributed by atoms with Crippen LogP contribution in [-0.4, -0.2) is 33.7 Å². The molecule has 2 aromatic rings. The first kappa shape index (κ1) is 21.2. The van der Waals surface area contributed by atoms with Gasteiger partial charge in [-0.15, -0.1) is 0 Å². The molecule has 0 bridgehead atoms. The summed E-state index contributed by atoms with van der Waals surface area (Å²) in [7, 11) is -3.67.